The van der Waals surface area contributed by atoms with Crippen molar-refractivity contribution in [2.75, 3.05) is 6.61 Å². The first kappa shape index (κ1) is 6.29. The van der Waals surface area contributed by atoms with Gasteiger partial charge in [-0.1, -0.05) is 6.92 Å². The highest BCUT2D eigenvalue weighted by atomic mass is 16.3. The van der Waals surface area contributed by atoms with Gasteiger partial charge < -0.3 is 4.98 Å². The van der Waals surface area contributed by atoms with Crippen molar-refractivity contribution in [3.8, 4) is 0 Å². The van der Waals surface area contributed by atoms with Crippen LogP contribution in [0, 0.1) is 0 Å². The maximum atomic E-state index is 10.3. The number of hydrogen-bond donors (Lipinski definition) is 1. The van der Waals surface area contributed by atoms with Crippen molar-refractivity contribution in [2.24, 2.45) is 0 Å². The van der Waals surface area contributed by atoms with Gasteiger partial charge in [-0.2, -0.15) is 0 Å². The van der Waals surface area contributed by atoms with Gasteiger partial charge in [0.05, 0.1) is 6.61 Å². The SMILES string of the molecule is CC(C[O])c1ncc[nH]1. The molecule has 0 amide bonds. The van der Waals surface area contributed by atoms with Crippen molar-refractivity contribution >= 4 is 0 Å². The second kappa shape index (κ2) is 2.64. The molecule has 1 rings (SSSR count). The number of nitrogens with zero attached hydrogens (tertiary/aromatic N) is 1. The number of nitrogens with one attached hydrogen (secondary N) is 1. The lowest BCUT2D eigenvalue weighted by Gasteiger charge is -1.99. The third-order valence-electron chi connectivity index (χ3n) is 1.24. The Hall–Kier alpha value is -0.830. The predicted molar refractivity (Wildman–Crippen MR) is 32.6 cm³/mol. The molecule has 3 heteroatoms. The van der Waals surface area contributed by atoms with Crippen molar-refractivity contribution in [1.29, 1.82) is 0 Å². The first-order valence-corrected chi connectivity index (χ1v) is 2.92. The molecule has 1 N–H and O–H groups in total. The lowest BCUT2D eigenvalue weighted by atomic mass is 10.2. The second-order valence-corrected chi connectivity index (χ2v) is 2.04. The van der Waals surface area contributed by atoms with Crippen LogP contribution in [0.2, 0.25) is 0 Å². The zero-order valence-corrected chi connectivity index (χ0v) is 5.29. The molecule has 1 unspecified atom stereocenters. The normalized spacial score (nSPS) is 13.6. The van der Waals surface area contributed by atoms with Gasteiger partial charge >= 0.3 is 0 Å². The quantitative estimate of drug-likeness (QED) is 0.628. The van der Waals surface area contributed by atoms with E-state index in [0.717, 1.165) is 5.82 Å². The summed E-state index contributed by atoms with van der Waals surface area (Å²) in [5.41, 5.74) is 0. The molecule has 0 saturated carbocycles. The molecule has 0 fully saturated rings. The first-order valence-electron chi connectivity index (χ1n) is 2.92. The molecule has 1 heterocycles. The molecule has 1 aromatic rings. The summed E-state index contributed by atoms with van der Waals surface area (Å²) in [5.74, 6) is 0.796. The molecule has 1 atom stereocenters. The standard InChI is InChI=1S/C6H9N2O/c1-5(4-9)6-7-2-3-8-6/h2-3,5H,4H2,1H3,(H,7,8). The maximum Gasteiger partial charge on any atom is 0.111 e. The van der Waals surface area contributed by atoms with E-state index < -0.39 is 0 Å². The third kappa shape index (κ3) is 1.29. The predicted octanol–water partition coefficient (Wildman–Crippen LogP) is 0.944. The second-order valence-electron chi connectivity index (χ2n) is 2.04. The number of aromatic nitrogens is 2. The zero-order chi connectivity index (χ0) is 6.69. The van der Waals surface area contributed by atoms with Crippen LogP contribution in [0.1, 0.15) is 18.7 Å². The summed E-state index contributed by atoms with van der Waals surface area (Å²) < 4.78 is 0. The topological polar surface area (TPSA) is 48.6 Å². The van der Waals surface area contributed by atoms with Crippen LogP contribution in [-0.4, -0.2) is 16.6 Å². The fraction of sp³-hybridized carbons (Fsp3) is 0.500. The van der Waals surface area contributed by atoms with E-state index in [0.29, 0.717) is 0 Å². The van der Waals surface area contributed by atoms with Crippen molar-refractivity contribution in [3.05, 3.63) is 18.2 Å². The van der Waals surface area contributed by atoms with Gasteiger partial charge in [-0.05, 0) is 0 Å². The lowest BCUT2D eigenvalue weighted by Crippen LogP contribution is -1.99. The summed E-state index contributed by atoms with van der Waals surface area (Å²) in [7, 11) is 0. The largest absolute Gasteiger partial charge is 0.348 e. The highest BCUT2D eigenvalue weighted by Crippen LogP contribution is 2.06. The van der Waals surface area contributed by atoms with E-state index in [9.17, 15) is 5.11 Å². The van der Waals surface area contributed by atoms with Crippen LogP contribution >= 0.6 is 0 Å². The van der Waals surface area contributed by atoms with Crippen LogP contribution in [0.5, 0.6) is 0 Å². The molecule has 0 aliphatic rings. The molecular weight excluding hydrogens is 116 g/mol. The van der Waals surface area contributed by atoms with Crippen LogP contribution < -0.4 is 0 Å². The lowest BCUT2D eigenvalue weighted by molar-refractivity contribution is 0.175. The van der Waals surface area contributed by atoms with Gasteiger partial charge in [-0.25, -0.2) is 10.1 Å². The molecule has 49 valence electrons. The van der Waals surface area contributed by atoms with E-state index in [4.69, 9.17) is 0 Å². The molecule has 0 aliphatic heterocycles. The van der Waals surface area contributed by atoms with Crippen LogP contribution in [-0.2, 0) is 5.11 Å². The molecular formula is C6H9N2O. The van der Waals surface area contributed by atoms with E-state index in [1.54, 1.807) is 12.4 Å². The van der Waals surface area contributed by atoms with Crippen molar-refractivity contribution in [1.82, 2.24) is 9.97 Å². The molecule has 0 saturated heterocycles. The minimum absolute atomic E-state index is 0.0139. The number of rotatable bonds is 2. The van der Waals surface area contributed by atoms with Crippen molar-refractivity contribution in [3.63, 3.8) is 0 Å². The highest BCUT2D eigenvalue weighted by molar-refractivity contribution is 4.93. The minimum atomic E-state index is -0.104. The Kier molecular flexibility index (Phi) is 1.85. The molecule has 0 aliphatic carbocycles. The maximum absolute atomic E-state index is 10.3. The van der Waals surface area contributed by atoms with Gasteiger partial charge in [0.25, 0.3) is 0 Å². The van der Waals surface area contributed by atoms with Crippen molar-refractivity contribution in [2.45, 2.75) is 12.8 Å². The smallest absolute Gasteiger partial charge is 0.111 e. The Morgan fingerprint density at radius 1 is 1.89 bits per heavy atom. The first-order chi connectivity index (χ1) is 4.34. The molecule has 1 radical (unpaired) electrons. The fourth-order valence-corrected chi connectivity index (χ4v) is 0.626. The molecule has 3 nitrogen and oxygen atoms in total. The number of imidazole rings is 1. The Bertz CT molecular complexity index is 160. The molecule has 0 spiro atoms. The molecule has 0 bridgehead atoms. The Labute approximate surface area is 53.7 Å². The third-order valence-corrected chi connectivity index (χ3v) is 1.24. The number of aromatic amines is 1. The summed E-state index contributed by atoms with van der Waals surface area (Å²) >= 11 is 0. The summed E-state index contributed by atoms with van der Waals surface area (Å²) in [6.07, 6.45) is 3.38. The Morgan fingerprint density at radius 2 is 2.67 bits per heavy atom. The fourth-order valence-electron chi connectivity index (χ4n) is 0.626. The monoisotopic (exact) mass is 125 g/mol. The van der Waals surface area contributed by atoms with Crippen LogP contribution in [0.3, 0.4) is 0 Å². The molecule has 9 heavy (non-hydrogen) atoms. The van der Waals surface area contributed by atoms with E-state index in [-0.39, 0.29) is 12.5 Å². The Balaban J connectivity index is 2.65. The highest BCUT2D eigenvalue weighted by Gasteiger charge is 2.04. The van der Waals surface area contributed by atoms with E-state index in [2.05, 4.69) is 9.97 Å². The number of H-pyrrole nitrogens is 1. The average Bonchev–Trinajstić information content (AvgIpc) is 2.37. The van der Waals surface area contributed by atoms with Crippen LogP contribution in [0.4, 0.5) is 0 Å². The van der Waals surface area contributed by atoms with Gasteiger partial charge in [0.15, 0.2) is 0 Å². The molecule has 1 aromatic heterocycles. The zero-order valence-electron chi connectivity index (χ0n) is 5.29. The molecule has 0 aromatic carbocycles. The minimum Gasteiger partial charge on any atom is -0.348 e. The van der Waals surface area contributed by atoms with Crippen LogP contribution in [0.25, 0.3) is 0 Å². The van der Waals surface area contributed by atoms with Crippen LogP contribution in [0.15, 0.2) is 12.4 Å². The van der Waals surface area contributed by atoms with Gasteiger partial charge in [-0.3, -0.25) is 0 Å². The summed E-state index contributed by atoms with van der Waals surface area (Å²) in [6.45, 7) is 1.75. The van der Waals surface area contributed by atoms with Crippen molar-refractivity contribution < 1.29 is 5.11 Å². The van der Waals surface area contributed by atoms with E-state index in [1.165, 1.54) is 0 Å². The van der Waals surface area contributed by atoms with E-state index >= 15 is 0 Å². The van der Waals surface area contributed by atoms with Gasteiger partial charge in [0.2, 0.25) is 0 Å². The summed E-state index contributed by atoms with van der Waals surface area (Å²) in [5, 5.41) is 10.3. The Morgan fingerprint density at radius 3 is 3.11 bits per heavy atom. The average molecular weight is 125 g/mol. The number of hydrogen-bond acceptors (Lipinski definition) is 1. The van der Waals surface area contributed by atoms with Gasteiger partial charge in [0, 0.05) is 18.3 Å². The van der Waals surface area contributed by atoms with E-state index in [1.807, 2.05) is 6.92 Å². The summed E-state index contributed by atoms with van der Waals surface area (Å²) in [6, 6.07) is 0. The van der Waals surface area contributed by atoms with Gasteiger partial charge in [0.1, 0.15) is 5.82 Å². The summed E-state index contributed by atoms with van der Waals surface area (Å²) in [4.78, 5) is 6.81. The van der Waals surface area contributed by atoms with Gasteiger partial charge in [-0.15, -0.1) is 0 Å².